The van der Waals surface area contributed by atoms with E-state index in [1.54, 1.807) is 42.5 Å². The van der Waals surface area contributed by atoms with Crippen LogP contribution in [0.4, 0.5) is 11.5 Å². The summed E-state index contributed by atoms with van der Waals surface area (Å²) in [6.07, 6.45) is 1.33. The van der Waals surface area contributed by atoms with Gasteiger partial charge in [-0.2, -0.15) is 10.4 Å². The highest BCUT2D eigenvalue weighted by atomic mass is 32.2. The van der Waals surface area contributed by atoms with Gasteiger partial charge in [-0.05, 0) is 24.3 Å². The first-order valence-corrected chi connectivity index (χ1v) is 8.42. The molecule has 0 saturated heterocycles. The van der Waals surface area contributed by atoms with Crippen molar-refractivity contribution >= 4 is 21.5 Å². The van der Waals surface area contributed by atoms with Crippen molar-refractivity contribution in [2.75, 3.05) is 10.5 Å². The number of sulfonamides is 1. The number of nitrogen functional groups attached to an aromatic ring is 1. The molecule has 0 aliphatic heterocycles. The minimum atomic E-state index is -3.75. The second-order valence-corrected chi connectivity index (χ2v) is 6.59. The van der Waals surface area contributed by atoms with E-state index < -0.39 is 10.0 Å². The minimum absolute atomic E-state index is 0.142. The third-order valence-electron chi connectivity index (χ3n) is 3.36. The van der Waals surface area contributed by atoms with Crippen LogP contribution >= 0.6 is 0 Å². The molecule has 0 amide bonds. The van der Waals surface area contributed by atoms with Gasteiger partial charge in [-0.1, -0.05) is 30.3 Å². The summed E-state index contributed by atoms with van der Waals surface area (Å²) in [5, 5.41) is 13.0. The summed E-state index contributed by atoms with van der Waals surface area (Å²) in [6, 6.07) is 16.6. The smallest absolute Gasteiger partial charge is 0.261 e. The Kier molecular flexibility index (Phi) is 3.93. The van der Waals surface area contributed by atoms with Gasteiger partial charge in [-0.3, -0.25) is 4.72 Å². The largest absolute Gasteiger partial charge is 0.382 e. The first kappa shape index (κ1) is 15.6. The van der Waals surface area contributed by atoms with Crippen LogP contribution in [0.15, 0.2) is 65.7 Å². The molecule has 1 heterocycles. The van der Waals surface area contributed by atoms with Crippen LogP contribution in [0.5, 0.6) is 0 Å². The maximum Gasteiger partial charge on any atom is 0.261 e. The number of nitrogens with one attached hydrogen (secondary N) is 1. The molecular weight excluding hydrogens is 326 g/mol. The molecular formula is C16H13N5O2S. The molecule has 3 rings (SSSR count). The average molecular weight is 339 g/mol. The molecule has 0 aliphatic rings. The highest BCUT2D eigenvalue weighted by molar-refractivity contribution is 7.92. The second-order valence-electron chi connectivity index (χ2n) is 4.90. The van der Waals surface area contributed by atoms with Gasteiger partial charge >= 0.3 is 0 Å². The summed E-state index contributed by atoms with van der Waals surface area (Å²) in [4.78, 5) is 0.144. The van der Waals surface area contributed by atoms with Gasteiger partial charge < -0.3 is 5.73 Å². The quantitative estimate of drug-likeness (QED) is 0.756. The number of anilines is 2. The van der Waals surface area contributed by atoms with Crippen LogP contribution in [0.1, 0.15) is 5.56 Å². The van der Waals surface area contributed by atoms with Crippen molar-refractivity contribution in [3.63, 3.8) is 0 Å². The molecule has 0 atom stereocenters. The third kappa shape index (κ3) is 2.80. The van der Waals surface area contributed by atoms with Gasteiger partial charge in [0, 0.05) is 0 Å². The number of nitrogens with two attached hydrogens (primary N) is 1. The third-order valence-corrected chi connectivity index (χ3v) is 4.74. The first-order valence-electron chi connectivity index (χ1n) is 6.94. The zero-order valence-corrected chi connectivity index (χ0v) is 13.2. The van der Waals surface area contributed by atoms with Crippen LogP contribution in [0, 0.1) is 11.3 Å². The lowest BCUT2D eigenvalue weighted by molar-refractivity contribution is 0.601. The molecule has 8 heteroatoms. The normalized spacial score (nSPS) is 11.0. The fourth-order valence-corrected chi connectivity index (χ4v) is 3.28. The second kappa shape index (κ2) is 6.06. The lowest BCUT2D eigenvalue weighted by Crippen LogP contribution is -2.15. The van der Waals surface area contributed by atoms with Gasteiger partial charge in [0.2, 0.25) is 0 Å². The number of benzene rings is 2. The molecule has 0 aliphatic carbocycles. The highest BCUT2D eigenvalue weighted by Crippen LogP contribution is 2.26. The van der Waals surface area contributed by atoms with Crippen molar-refractivity contribution in [2.45, 2.75) is 4.90 Å². The van der Waals surface area contributed by atoms with E-state index in [2.05, 4.69) is 9.82 Å². The van der Waals surface area contributed by atoms with E-state index in [4.69, 9.17) is 11.0 Å². The summed E-state index contributed by atoms with van der Waals surface area (Å²) in [5.74, 6) is 0.142. The lowest BCUT2D eigenvalue weighted by atomic mass is 10.2. The molecule has 120 valence electrons. The maximum absolute atomic E-state index is 12.5. The van der Waals surface area contributed by atoms with Gasteiger partial charge in [-0.15, -0.1) is 0 Å². The Hall–Kier alpha value is -3.31. The number of nitriles is 1. The van der Waals surface area contributed by atoms with Crippen molar-refractivity contribution in [2.24, 2.45) is 0 Å². The lowest BCUT2D eigenvalue weighted by Gasteiger charge is -2.13. The van der Waals surface area contributed by atoms with E-state index in [1.165, 1.54) is 23.0 Å². The van der Waals surface area contributed by atoms with Gasteiger partial charge in [0.05, 0.1) is 22.5 Å². The molecule has 1 aromatic heterocycles. The molecule has 0 radical (unpaired) electrons. The number of hydrogen-bond acceptors (Lipinski definition) is 5. The van der Waals surface area contributed by atoms with Crippen molar-refractivity contribution in [3.8, 4) is 11.8 Å². The first-order chi connectivity index (χ1) is 11.5. The number of aromatic nitrogens is 2. The van der Waals surface area contributed by atoms with Crippen molar-refractivity contribution < 1.29 is 8.42 Å². The Balaban J connectivity index is 2.05. The fourth-order valence-electron chi connectivity index (χ4n) is 2.18. The molecule has 2 aromatic carbocycles. The van der Waals surface area contributed by atoms with Gasteiger partial charge in [-0.25, -0.2) is 13.1 Å². The van der Waals surface area contributed by atoms with E-state index in [-0.39, 0.29) is 16.3 Å². The molecule has 0 saturated carbocycles. The van der Waals surface area contributed by atoms with E-state index in [1.807, 2.05) is 6.07 Å². The Morgan fingerprint density at radius 1 is 1.08 bits per heavy atom. The number of rotatable bonds is 4. The highest BCUT2D eigenvalue weighted by Gasteiger charge is 2.18. The summed E-state index contributed by atoms with van der Waals surface area (Å²) < 4.78 is 28.9. The predicted molar refractivity (Wildman–Crippen MR) is 89.9 cm³/mol. The Bertz CT molecular complexity index is 1020. The Morgan fingerprint density at radius 3 is 2.42 bits per heavy atom. The number of hydrogen-bond donors (Lipinski definition) is 2. The summed E-state index contributed by atoms with van der Waals surface area (Å²) in [6.45, 7) is 0. The maximum atomic E-state index is 12.5. The molecule has 0 fully saturated rings. The molecule has 3 N–H and O–H groups in total. The predicted octanol–water partition coefficient (Wildman–Crippen LogP) is 2.13. The number of nitrogens with zero attached hydrogens (tertiary/aromatic N) is 3. The standard InChI is InChI=1S/C16H13N5O2S/c17-10-12-11-19-21(16(12)18)15-9-5-4-8-14(15)20-24(22,23)13-6-2-1-3-7-13/h1-9,11,20H,18H2. The van der Waals surface area contributed by atoms with Crippen LogP contribution in [-0.2, 0) is 10.0 Å². The Morgan fingerprint density at radius 2 is 1.75 bits per heavy atom. The van der Waals surface area contributed by atoms with Gasteiger partial charge in [0.25, 0.3) is 10.0 Å². The van der Waals surface area contributed by atoms with Crippen LogP contribution in [0.3, 0.4) is 0 Å². The van der Waals surface area contributed by atoms with E-state index in [9.17, 15) is 8.42 Å². The monoisotopic (exact) mass is 339 g/mol. The molecule has 7 nitrogen and oxygen atoms in total. The van der Waals surface area contributed by atoms with Crippen LogP contribution in [0.2, 0.25) is 0 Å². The number of para-hydroxylation sites is 2. The molecule has 0 bridgehead atoms. The molecule has 3 aromatic rings. The topological polar surface area (TPSA) is 114 Å². The van der Waals surface area contributed by atoms with E-state index >= 15 is 0 Å². The Labute approximate surface area is 139 Å². The average Bonchev–Trinajstić information content (AvgIpc) is 2.96. The zero-order chi connectivity index (χ0) is 17.2. The summed E-state index contributed by atoms with van der Waals surface area (Å²) in [5.41, 5.74) is 6.84. The molecule has 24 heavy (non-hydrogen) atoms. The zero-order valence-electron chi connectivity index (χ0n) is 12.4. The van der Waals surface area contributed by atoms with Crippen molar-refractivity contribution in [1.82, 2.24) is 9.78 Å². The van der Waals surface area contributed by atoms with Crippen molar-refractivity contribution in [1.29, 1.82) is 5.26 Å². The van der Waals surface area contributed by atoms with Crippen molar-refractivity contribution in [3.05, 3.63) is 66.4 Å². The summed E-state index contributed by atoms with van der Waals surface area (Å²) in [7, 11) is -3.75. The summed E-state index contributed by atoms with van der Waals surface area (Å²) >= 11 is 0. The van der Waals surface area contributed by atoms with Gasteiger partial charge in [0.15, 0.2) is 0 Å². The van der Waals surface area contributed by atoms with Crippen LogP contribution in [-0.4, -0.2) is 18.2 Å². The van der Waals surface area contributed by atoms with E-state index in [0.717, 1.165) is 0 Å². The fraction of sp³-hybridized carbons (Fsp3) is 0. The molecule has 0 unspecified atom stereocenters. The van der Waals surface area contributed by atoms with Gasteiger partial charge in [0.1, 0.15) is 17.5 Å². The van der Waals surface area contributed by atoms with Crippen LogP contribution in [0.25, 0.3) is 5.69 Å². The minimum Gasteiger partial charge on any atom is -0.382 e. The SMILES string of the molecule is N#Cc1cnn(-c2ccccc2NS(=O)(=O)c2ccccc2)c1N. The molecule has 0 spiro atoms. The van der Waals surface area contributed by atoms with E-state index in [0.29, 0.717) is 11.4 Å². The van der Waals surface area contributed by atoms with Crippen LogP contribution < -0.4 is 10.5 Å².